The van der Waals surface area contributed by atoms with E-state index in [4.69, 9.17) is 0 Å². The molecule has 4 heteroatoms. The Balaban J connectivity index is 1.42. The highest BCUT2D eigenvalue weighted by molar-refractivity contribution is 5.91. The topological polar surface area (TPSA) is 44.4 Å². The van der Waals surface area contributed by atoms with Gasteiger partial charge >= 0.3 is 0 Å². The molecular formula is C23H29N3O. The first-order valence-corrected chi connectivity index (χ1v) is 9.80. The minimum atomic E-state index is 0.0422. The van der Waals surface area contributed by atoms with Gasteiger partial charge in [-0.25, -0.2) is 0 Å². The third-order valence-corrected chi connectivity index (χ3v) is 4.79. The number of hydrogen-bond donors (Lipinski definition) is 2. The zero-order chi connectivity index (χ0) is 18.9. The molecule has 0 saturated carbocycles. The fourth-order valence-corrected chi connectivity index (χ4v) is 3.35. The van der Waals surface area contributed by atoms with Crippen LogP contribution in [0.5, 0.6) is 0 Å². The molecule has 1 aliphatic heterocycles. The van der Waals surface area contributed by atoms with E-state index in [0.717, 1.165) is 25.3 Å². The molecule has 0 aromatic heterocycles. The van der Waals surface area contributed by atoms with E-state index in [9.17, 15) is 4.79 Å². The first-order chi connectivity index (χ1) is 13.2. The Morgan fingerprint density at radius 2 is 1.89 bits per heavy atom. The molecular weight excluding hydrogens is 334 g/mol. The molecule has 2 N–H and O–H groups in total. The van der Waals surface area contributed by atoms with Crippen LogP contribution in [0.2, 0.25) is 0 Å². The Bertz CT molecular complexity index is 751. The highest BCUT2D eigenvalue weighted by Crippen LogP contribution is 2.23. The number of carbonyl (C=O) groups is 1. The van der Waals surface area contributed by atoms with Crippen LogP contribution in [0.3, 0.4) is 0 Å². The van der Waals surface area contributed by atoms with E-state index < -0.39 is 0 Å². The summed E-state index contributed by atoms with van der Waals surface area (Å²) < 4.78 is 0. The van der Waals surface area contributed by atoms with Gasteiger partial charge in [-0.1, -0.05) is 48.6 Å². The van der Waals surface area contributed by atoms with Crippen LogP contribution in [0.1, 0.15) is 31.7 Å². The summed E-state index contributed by atoms with van der Waals surface area (Å²) in [6.07, 6.45) is 7.12. The maximum Gasteiger partial charge on any atom is 0.225 e. The van der Waals surface area contributed by atoms with Gasteiger partial charge in [0, 0.05) is 43.5 Å². The van der Waals surface area contributed by atoms with Crippen LogP contribution in [0.25, 0.3) is 6.08 Å². The summed E-state index contributed by atoms with van der Waals surface area (Å²) >= 11 is 0. The van der Waals surface area contributed by atoms with Crippen molar-refractivity contribution in [3.63, 3.8) is 0 Å². The third-order valence-electron chi connectivity index (χ3n) is 4.79. The van der Waals surface area contributed by atoms with Crippen molar-refractivity contribution in [1.29, 1.82) is 0 Å². The highest BCUT2D eigenvalue weighted by Gasteiger charge is 2.13. The molecule has 2 aromatic carbocycles. The number of amides is 1. The molecule has 1 heterocycles. The van der Waals surface area contributed by atoms with Crippen LogP contribution in [-0.2, 0) is 4.79 Å². The number of carbonyl (C=O) groups excluding carboxylic acids is 1. The fourth-order valence-electron chi connectivity index (χ4n) is 3.35. The number of anilines is 2. The van der Waals surface area contributed by atoms with Crippen molar-refractivity contribution in [1.82, 2.24) is 5.32 Å². The Kier molecular flexibility index (Phi) is 7.05. The van der Waals surface area contributed by atoms with Gasteiger partial charge in [0.2, 0.25) is 5.91 Å². The average Bonchev–Trinajstić information content (AvgIpc) is 3.21. The summed E-state index contributed by atoms with van der Waals surface area (Å²) in [5.41, 5.74) is 3.26. The summed E-state index contributed by atoms with van der Waals surface area (Å²) in [5.74, 6) is 0.0422. The number of nitrogens with one attached hydrogen (secondary N) is 2. The monoisotopic (exact) mass is 363 g/mol. The van der Waals surface area contributed by atoms with Gasteiger partial charge in [-0.3, -0.25) is 4.79 Å². The van der Waals surface area contributed by atoms with Crippen molar-refractivity contribution in [3.05, 3.63) is 66.2 Å². The van der Waals surface area contributed by atoms with Crippen LogP contribution in [0, 0.1) is 0 Å². The second-order valence-corrected chi connectivity index (χ2v) is 7.12. The zero-order valence-corrected chi connectivity index (χ0v) is 16.0. The fraction of sp³-hybridized carbons (Fsp3) is 0.348. The molecule has 1 aliphatic rings. The normalized spacial score (nSPS) is 15.2. The van der Waals surface area contributed by atoms with E-state index in [1.54, 1.807) is 0 Å². The van der Waals surface area contributed by atoms with Crippen LogP contribution >= 0.6 is 0 Å². The lowest BCUT2D eigenvalue weighted by Gasteiger charge is -2.19. The number of benzene rings is 2. The predicted octanol–water partition coefficient (Wildman–Crippen LogP) is 4.31. The zero-order valence-electron chi connectivity index (χ0n) is 16.0. The van der Waals surface area contributed by atoms with E-state index in [2.05, 4.69) is 52.0 Å². The Morgan fingerprint density at radius 1 is 1.11 bits per heavy atom. The van der Waals surface area contributed by atoms with Gasteiger partial charge in [-0.2, -0.15) is 0 Å². The van der Waals surface area contributed by atoms with Crippen LogP contribution in [-0.4, -0.2) is 31.6 Å². The second kappa shape index (κ2) is 9.93. The second-order valence-electron chi connectivity index (χ2n) is 7.12. The molecule has 1 fully saturated rings. The van der Waals surface area contributed by atoms with Gasteiger partial charge in [0.1, 0.15) is 0 Å². The first-order valence-electron chi connectivity index (χ1n) is 9.80. The minimum Gasteiger partial charge on any atom is -0.371 e. The molecule has 0 spiro atoms. The summed E-state index contributed by atoms with van der Waals surface area (Å²) in [7, 11) is 0. The number of rotatable bonds is 8. The third kappa shape index (κ3) is 6.26. The summed E-state index contributed by atoms with van der Waals surface area (Å²) in [5, 5.41) is 6.40. The predicted molar refractivity (Wildman–Crippen MR) is 114 cm³/mol. The molecule has 3 rings (SSSR count). The van der Waals surface area contributed by atoms with Crippen LogP contribution in [0.4, 0.5) is 11.4 Å². The van der Waals surface area contributed by atoms with Gasteiger partial charge in [-0.15, -0.1) is 0 Å². The smallest absolute Gasteiger partial charge is 0.225 e. The quantitative estimate of drug-likeness (QED) is 0.735. The molecule has 1 saturated heterocycles. The van der Waals surface area contributed by atoms with Crippen LogP contribution < -0.4 is 15.5 Å². The summed E-state index contributed by atoms with van der Waals surface area (Å²) in [6.45, 7) is 4.99. The van der Waals surface area contributed by atoms with Crippen molar-refractivity contribution < 1.29 is 4.79 Å². The van der Waals surface area contributed by atoms with E-state index >= 15 is 0 Å². The lowest BCUT2D eigenvalue weighted by molar-refractivity contribution is -0.116. The molecule has 4 nitrogen and oxygen atoms in total. The summed E-state index contributed by atoms with van der Waals surface area (Å²) in [4.78, 5) is 14.7. The molecule has 0 radical (unpaired) electrons. The van der Waals surface area contributed by atoms with Crippen LogP contribution in [0.15, 0.2) is 60.7 Å². The van der Waals surface area contributed by atoms with Crippen molar-refractivity contribution >= 4 is 23.4 Å². The maximum absolute atomic E-state index is 12.3. The minimum absolute atomic E-state index is 0.0422. The molecule has 27 heavy (non-hydrogen) atoms. The van der Waals surface area contributed by atoms with Gasteiger partial charge in [-0.05, 0) is 43.5 Å². The molecule has 0 aliphatic carbocycles. The van der Waals surface area contributed by atoms with Gasteiger partial charge in [0.15, 0.2) is 0 Å². The van der Waals surface area contributed by atoms with E-state index in [-0.39, 0.29) is 11.9 Å². The van der Waals surface area contributed by atoms with Crippen molar-refractivity contribution in [3.8, 4) is 0 Å². The largest absolute Gasteiger partial charge is 0.371 e. The molecule has 1 amide bonds. The highest BCUT2D eigenvalue weighted by atomic mass is 16.1. The lowest BCUT2D eigenvalue weighted by atomic mass is 10.2. The van der Waals surface area contributed by atoms with Crippen molar-refractivity contribution in [2.24, 2.45) is 0 Å². The van der Waals surface area contributed by atoms with E-state index in [0.29, 0.717) is 6.42 Å². The van der Waals surface area contributed by atoms with E-state index in [1.165, 1.54) is 24.1 Å². The number of hydrogen-bond acceptors (Lipinski definition) is 3. The Morgan fingerprint density at radius 3 is 2.67 bits per heavy atom. The average molecular weight is 364 g/mol. The standard InChI is InChI=1S/C23H29N3O/c1-19(24-14-8-11-20-9-3-2-4-10-20)17-23(27)25-21-12-7-13-22(18-21)26-15-5-6-16-26/h2-4,7-13,18-19,24H,5-6,14-17H2,1H3,(H,25,27)/b11-8+. The van der Waals surface area contributed by atoms with E-state index in [1.807, 2.05) is 37.3 Å². The van der Waals surface area contributed by atoms with Gasteiger partial charge < -0.3 is 15.5 Å². The molecule has 2 aromatic rings. The molecule has 1 unspecified atom stereocenters. The molecule has 1 atom stereocenters. The number of nitrogens with zero attached hydrogens (tertiary/aromatic N) is 1. The lowest BCUT2D eigenvalue weighted by Crippen LogP contribution is -2.30. The molecule has 0 bridgehead atoms. The Labute approximate surface area is 162 Å². The van der Waals surface area contributed by atoms with Crippen molar-refractivity contribution in [2.45, 2.75) is 32.2 Å². The van der Waals surface area contributed by atoms with Crippen molar-refractivity contribution in [2.75, 3.05) is 29.9 Å². The first kappa shape index (κ1) is 19.2. The maximum atomic E-state index is 12.3. The molecule has 142 valence electrons. The van der Waals surface area contributed by atoms with Gasteiger partial charge in [0.25, 0.3) is 0 Å². The Hall–Kier alpha value is -2.59. The van der Waals surface area contributed by atoms with Gasteiger partial charge in [0.05, 0.1) is 0 Å². The SMILES string of the molecule is CC(CC(=O)Nc1cccc(N2CCCC2)c1)NC/C=C/c1ccccc1. The summed E-state index contributed by atoms with van der Waals surface area (Å²) in [6, 6.07) is 18.5.